The first-order chi connectivity index (χ1) is 10.3. The molecule has 3 atom stereocenters. The van der Waals surface area contributed by atoms with Crippen molar-refractivity contribution in [1.82, 2.24) is 5.32 Å². The Balaban J connectivity index is 1.97. The maximum Gasteiger partial charge on any atom is 0.416 e. The second-order valence-corrected chi connectivity index (χ2v) is 5.96. The van der Waals surface area contributed by atoms with E-state index in [2.05, 4.69) is 5.32 Å². The summed E-state index contributed by atoms with van der Waals surface area (Å²) in [7, 11) is 0. The van der Waals surface area contributed by atoms with E-state index in [0.29, 0.717) is 6.42 Å². The standard InChI is InChI=1S/C16H20F3NO2/c1-10(15(21)22)12-6-7-20-14(9-12)8-11-2-4-13(5-3-11)16(17,18)19/h2-5,10,12,14,20H,6-9H2,1H3,(H,21,22). The molecule has 1 heterocycles. The van der Waals surface area contributed by atoms with Gasteiger partial charge in [0.05, 0.1) is 11.5 Å². The number of carboxylic acid groups (broad SMARTS) is 1. The van der Waals surface area contributed by atoms with Gasteiger partial charge in [-0.25, -0.2) is 0 Å². The van der Waals surface area contributed by atoms with Gasteiger partial charge in [0.25, 0.3) is 0 Å². The number of aliphatic carboxylic acids is 1. The molecule has 2 rings (SSSR count). The highest BCUT2D eigenvalue weighted by Crippen LogP contribution is 2.30. The molecule has 1 fully saturated rings. The Hall–Kier alpha value is -1.56. The van der Waals surface area contributed by atoms with E-state index in [1.165, 1.54) is 12.1 Å². The molecule has 0 spiro atoms. The Bertz CT molecular complexity index is 513. The molecule has 1 aromatic rings. The molecule has 1 saturated heterocycles. The van der Waals surface area contributed by atoms with E-state index in [0.717, 1.165) is 37.1 Å². The van der Waals surface area contributed by atoms with Crippen molar-refractivity contribution in [2.75, 3.05) is 6.54 Å². The fraction of sp³-hybridized carbons (Fsp3) is 0.562. The maximum absolute atomic E-state index is 12.5. The molecule has 6 heteroatoms. The summed E-state index contributed by atoms with van der Waals surface area (Å²) >= 11 is 0. The van der Waals surface area contributed by atoms with Crippen LogP contribution in [0.15, 0.2) is 24.3 Å². The molecule has 2 N–H and O–H groups in total. The summed E-state index contributed by atoms with van der Waals surface area (Å²) in [5, 5.41) is 12.4. The van der Waals surface area contributed by atoms with Gasteiger partial charge in [-0.3, -0.25) is 4.79 Å². The van der Waals surface area contributed by atoms with Crippen molar-refractivity contribution in [1.29, 1.82) is 0 Å². The van der Waals surface area contributed by atoms with E-state index in [9.17, 15) is 18.0 Å². The van der Waals surface area contributed by atoms with Crippen LogP contribution in [0.2, 0.25) is 0 Å². The van der Waals surface area contributed by atoms with Crippen LogP contribution in [0.25, 0.3) is 0 Å². The zero-order chi connectivity index (χ0) is 16.3. The van der Waals surface area contributed by atoms with Gasteiger partial charge in [0.15, 0.2) is 0 Å². The highest BCUT2D eigenvalue weighted by molar-refractivity contribution is 5.69. The minimum Gasteiger partial charge on any atom is -0.481 e. The lowest BCUT2D eigenvalue weighted by molar-refractivity contribution is -0.143. The minimum atomic E-state index is -4.32. The predicted octanol–water partition coefficient (Wildman–Crippen LogP) is 3.34. The Labute approximate surface area is 127 Å². The largest absolute Gasteiger partial charge is 0.481 e. The van der Waals surface area contributed by atoms with Crippen molar-refractivity contribution in [3.8, 4) is 0 Å². The zero-order valence-corrected chi connectivity index (χ0v) is 12.4. The molecule has 1 aliphatic heterocycles. The lowest BCUT2D eigenvalue weighted by Crippen LogP contribution is -2.42. The van der Waals surface area contributed by atoms with Gasteiger partial charge in [-0.1, -0.05) is 19.1 Å². The van der Waals surface area contributed by atoms with Crippen molar-refractivity contribution in [2.45, 2.75) is 38.4 Å². The smallest absolute Gasteiger partial charge is 0.416 e. The van der Waals surface area contributed by atoms with Gasteiger partial charge in [0.1, 0.15) is 0 Å². The molecule has 0 saturated carbocycles. The summed E-state index contributed by atoms with van der Waals surface area (Å²) in [4.78, 5) is 11.1. The Kier molecular flexibility index (Phi) is 5.11. The molecule has 0 bridgehead atoms. The van der Waals surface area contributed by atoms with Crippen LogP contribution >= 0.6 is 0 Å². The van der Waals surface area contributed by atoms with Crippen LogP contribution in [0.5, 0.6) is 0 Å². The molecule has 3 unspecified atom stereocenters. The number of alkyl halides is 3. The Morgan fingerprint density at radius 1 is 1.36 bits per heavy atom. The van der Waals surface area contributed by atoms with Crippen molar-refractivity contribution in [3.63, 3.8) is 0 Å². The number of benzene rings is 1. The minimum absolute atomic E-state index is 0.109. The Morgan fingerprint density at radius 2 is 2.00 bits per heavy atom. The summed E-state index contributed by atoms with van der Waals surface area (Å²) in [5.74, 6) is -1.07. The highest BCUT2D eigenvalue weighted by atomic mass is 19.4. The summed E-state index contributed by atoms with van der Waals surface area (Å²) in [5.41, 5.74) is 0.180. The normalized spacial score (nSPS) is 24.0. The monoisotopic (exact) mass is 315 g/mol. The van der Waals surface area contributed by atoms with Crippen molar-refractivity contribution >= 4 is 5.97 Å². The third kappa shape index (κ3) is 4.22. The summed E-state index contributed by atoms with van der Waals surface area (Å²) in [6.07, 6.45) is -2.16. The van der Waals surface area contributed by atoms with E-state index >= 15 is 0 Å². The van der Waals surface area contributed by atoms with Gasteiger partial charge in [-0.05, 0) is 49.4 Å². The van der Waals surface area contributed by atoms with Gasteiger partial charge in [0, 0.05) is 6.04 Å². The molecule has 0 aliphatic carbocycles. The second kappa shape index (κ2) is 6.69. The molecule has 1 aliphatic rings. The van der Waals surface area contributed by atoms with Crippen LogP contribution in [-0.2, 0) is 17.4 Å². The van der Waals surface area contributed by atoms with Gasteiger partial charge in [0.2, 0.25) is 0 Å². The van der Waals surface area contributed by atoms with Gasteiger partial charge in [-0.15, -0.1) is 0 Å². The van der Waals surface area contributed by atoms with Crippen LogP contribution in [-0.4, -0.2) is 23.7 Å². The SMILES string of the molecule is CC(C(=O)O)C1CCNC(Cc2ccc(C(F)(F)F)cc2)C1. The van der Waals surface area contributed by atoms with Crippen molar-refractivity contribution < 1.29 is 23.1 Å². The summed E-state index contributed by atoms with van der Waals surface area (Å²) in [6, 6.07) is 5.28. The number of hydrogen-bond donors (Lipinski definition) is 2. The third-order valence-corrected chi connectivity index (χ3v) is 4.40. The first-order valence-electron chi connectivity index (χ1n) is 7.39. The second-order valence-electron chi connectivity index (χ2n) is 5.96. The third-order valence-electron chi connectivity index (χ3n) is 4.40. The number of hydrogen-bond acceptors (Lipinski definition) is 2. The number of rotatable bonds is 4. The van der Waals surface area contributed by atoms with Crippen LogP contribution < -0.4 is 5.32 Å². The summed E-state index contributed by atoms with van der Waals surface area (Å²) in [6.45, 7) is 2.46. The lowest BCUT2D eigenvalue weighted by atomic mass is 9.81. The fourth-order valence-corrected chi connectivity index (χ4v) is 2.97. The van der Waals surface area contributed by atoms with Gasteiger partial charge >= 0.3 is 12.1 Å². The van der Waals surface area contributed by atoms with E-state index in [1.807, 2.05) is 0 Å². The van der Waals surface area contributed by atoms with Crippen LogP contribution in [0.4, 0.5) is 13.2 Å². The molecule has 122 valence electrons. The quantitative estimate of drug-likeness (QED) is 0.896. The van der Waals surface area contributed by atoms with Crippen molar-refractivity contribution in [3.05, 3.63) is 35.4 Å². The topological polar surface area (TPSA) is 49.3 Å². The van der Waals surface area contributed by atoms with E-state index < -0.39 is 23.6 Å². The molecule has 22 heavy (non-hydrogen) atoms. The first-order valence-corrected chi connectivity index (χ1v) is 7.39. The molecule has 1 aromatic carbocycles. The average Bonchev–Trinajstić information content (AvgIpc) is 2.46. The fourth-order valence-electron chi connectivity index (χ4n) is 2.97. The molecule has 0 radical (unpaired) electrons. The van der Waals surface area contributed by atoms with Crippen LogP contribution in [0, 0.1) is 11.8 Å². The van der Waals surface area contributed by atoms with Crippen LogP contribution in [0.3, 0.4) is 0 Å². The highest BCUT2D eigenvalue weighted by Gasteiger charge is 2.31. The molecule has 3 nitrogen and oxygen atoms in total. The maximum atomic E-state index is 12.5. The van der Waals surface area contributed by atoms with Crippen LogP contribution in [0.1, 0.15) is 30.9 Å². The number of nitrogens with one attached hydrogen (secondary N) is 1. The average molecular weight is 315 g/mol. The molecular weight excluding hydrogens is 295 g/mol. The number of halogens is 3. The number of carboxylic acids is 1. The Morgan fingerprint density at radius 3 is 2.55 bits per heavy atom. The van der Waals surface area contributed by atoms with E-state index in [4.69, 9.17) is 5.11 Å². The molecule has 0 amide bonds. The van der Waals surface area contributed by atoms with Gasteiger partial charge in [-0.2, -0.15) is 13.2 Å². The van der Waals surface area contributed by atoms with Crippen molar-refractivity contribution in [2.24, 2.45) is 11.8 Å². The predicted molar refractivity (Wildman–Crippen MR) is 76.5 cm³/mol. The molecular formula is C16H20F3NO2. The number of carbonyl (C=O) groups is 1. The van der Waals surface area contributed by atoms with Gasteiger partial charge < -0.3 is 10.4 Å². The van der Waals surface area contributed by atoms with E-state index in [-0.39, 0.29) is 12.0 Å². The number of piperidine rings is 1. The molecule has 0 aromatic heterocycles. The first kappa shape index (κ1) is 16.8. The lowest BCUT2D eigenvalue weighted by Gasteiger charge is -2.32. The zero-order valence-electron chi connectivity index (χ0n) is 12.4. The summed E-state index contributed by atoms with van der Waals surface area (Å²) < 4.78 is 37.6. The van der Waals surface area contributed by atoms with E-state index in [1.54, 1.807) is 6.92 Å².